The summed E-state index contributed by atoms with van der Waals surface area (Å²) in [5, 5.41) is 2.51. The van der Waals surface area contributed by atoms with Crippen molar-refractivity contribution in [3.63, 3.8) is 0 Å². The molecule has 0 unspecified atom stereocenters. The van der Waals surface area contributed by atoms with Crippen molar-refractivity contribution in [1.82, 2.24) is 0 Å². The summed E-state index contributed by atoms with van der Waals surface area (Å²) in [5.74, 6) is 0. The lowest BCUT2D eigenvalue weighted by atomic mass is 10.1. The molecule has 2 aromatic carbocycles. The van der Waals surface area contributed by atoms with Crippen molar-refractivity contribution in [2.45, 2.75) is 0 Å². The van der Waals surface area contributed by atoms with Crippen LogP contribution in [0, 0.1) is 0 Å². The highest BCUT2D eigenvalue weighted by Crippen LogP contribution is 2.25. The monoisotopic (exact) mass is 203 g/mol. The quantitative estimate of drug-likeness (QED) is 0.672. The lowest BCUT2D eigenvalue weighted by molar-refractivity contribution is 1.61. The number of nitrogens with zero attached hydrogens (tertiary/aromatic N) is 1. The van der Waals surface area contributed by atoms with E-state index in [1.165, 1.54) is 10.8 Å². The Hall–Kier alpha value is -1.15. The highest BCUT2D eigenvalue weighted by atomic mass is 32.2. The Balaban J connectivity index is 2.71. The normalized spacial score (nSPS) is 10.8. The Morgan fingerprint density at radius 2 is 1.64 bits per heavy atom. The Bertz CT molecular complexity index is 479. The van der Waals surface area contributed by atoms with Crippen molar-refractivity contribution in [3.8, 4) is 0 Å². The third-order valence-electron chi connectivity index (χ3n) is 2.05. The van der Waals surface area contributed by atoms with Crippen LogP contribution in [-0.2, 0) is 10.7 Å². The number of rotatable bonds is 1. The van der Waals surface area contributed by atoms with E-state index in [4.69, 9.17) is 0 Å². The van der Waals surface area contributed by atoms with Gasteiger partial charge < -0.3 is 0 Å². The van der Waals surface area contributed by atoms with E-state index in [1.807, 2.05) is 0 Å². The molecule has 0 atom stereocenters. The number of hydrogen-bond acceptors (Lipinski definition) is 1. The maximum absolute atomic E-state index is 4.62. The molecule has 14 heavy (non-hydrogen) atoms. The van der Waals surface area contributed by atoms with Gasteiger partial charge in [0.05, 0.1) is 5.69 Å². The maximum atomic E-state index is 4.62. The summed E-state index contributed by atoms with van der Waals surface area (Å²) in [7, 11) is 0.102. The van der Waals surface area contributed by atoms with Crippen LogP contribution >= 0.6 is 0 Å². The fraction of sp³-hybridized carbons (Fsp3) is 0.167. The predicted molar refractivity (Wildman–Crippen MR) is 65.2 cm³/mol. The van der Waals surface area contributed by atoms with Crippen LogP contribution in [0.25, 0.3) is 10.8 Å². The number of fused-ring (bicyclic) bond motifs is 1. The van der Waals surface area contributed by atoms with E-state index >= 15 is 0 Å². The Kier molecular flexibility index (Phi) is 2.64. The summed E-state index contributed by atoms with van der Waals surface area (Å²) in [6.45, 7) is 0. The molecule has 0 aliphatic heterocycles. The predicted octanol–water partition coefficient (Wildman–Crippen LogP) is 3.53. The molecule has 0 saturated heterocycles. The van der Waals surface area contributed by atoms with Crippen LogP contribution in [0.4, 0.5) is 5.69 Å². The molecule has 72 valence electrons. The van der Waals surface area contributed by atoms with Crippen molar-refractivity contribution in [3.05, 3.63) is 42.5 Å². The van der Waals surface area contributed by atoms with Crippen molar-refractivity contribution in [2.75, 3.05) is 12.5 Å². The van der Waals surface area contributed by atoms with E-state index in [9.17, 15) is 0 Å². The Morgan fingerprint density at radius 3 is 2.43 bits per heavy atom. The van der Waals surface area contributed by atoms with Gasteiger partial charge in [-0.05, 0) is 24.0 Å². The maximum Gasteiger partial charge on any atom is 0.0781 e. The molecular weight excluding hydrogens is 190 g/mol. The van der Waals surface area contributed by atoms with Gasteiger partial charge in [-0.2, -0.15) is 0 Å². The summed E-state index contributed by atoms with van der Waals surface area (Å²) in [6.07, 6.45) is 4.25. The minimum Gasteiger partial charge on any atom is -0.228 e. The first-order valence-corrected chi connectivity index (χ1v) is 6.54. The standard InChI is InChI=1S/C12H13NS/c1-14(2)13-12-9-5-7-10-6-3-4-8-11(10)12/h3-9H,1-2H3. The van der Waals surface area contributed by atoms with Crippen LogP contribution < -0.4 is 0 Å². The Morgan fingerprint density at radius 1 is 0.929 bits per heavy atom. The van der Waals surface area contributed by atoms with Gasteiger partial charge in [0.2, 0.25) is 0 Å². The lowest BCUT2D eigenvalue weighted by Crippen LogP contribution is -1.78. The topological polar surface area (TPSA) is 12.4 Å². The van der Waals surface area contributed by atoms with Crippen molar-refractivity contribution < 1.29 is 0 Å². The zero-order valence-corrected chi connectivity index (χ0v) is 9.21. The van der Waals surface area contributed by atoms with E-state index in [1.54, 1.807) is 0 Å². The van der Waals surface area contributed by atoms with E-state index in [-0.39, 0.29) is 10.7 Å². The average molecular weight is 203 g/mol. The summed E-state index contributed by atoms with van der Waals surface area (Å²) in [6, 6.07) is 14.6. The molecule has 0 bridgehead atoms. The van der Waals surface area contributed by atoms with E-state index in [2.05, 4.69) is 59.3 Å². The second-order valence-corrected chi connectivity index (χ2v) is 5.09. The molecule has 2 aromatic rings. The summed E-state index contributed by atoms with van der Waals surface area (Å²) in [5.41, 5.74) is 1.11. The summed E-state index contributed by atoms with van der Waals surface area (Å²) >= 11 is 0. The SMILES string of the molecule is CS(C)=Nc1cccc2ccccc12. The summed E-state index contributed by atoms with van der Waals surface area (Å²) < 4.78 is 4.62. The molecular formula is C12H13NS. The third-order valence-corrected chi connectivity index (χ3v) is 2.61. The van der Waals surface area contributed by atoms with Crippen LogP contribution in [0.3, 0.4) is 0 Å². The van der Waals surface area contributed by atoms with Gasteiger partial charge in [-0.3, -0.25) is 0 Å². The molecule has 0 aromatic heterocycles. The molecule has 0 aliphatic rings. The molecule has 1 nitrogen and oxygen atoms in total. The molecule has 0 fully saturated rings. The van der Waals surface area contributed by atoms with Gasteiger partial charge in [0.15, 0.2) is 0 Å². The van der Waals surface area contributed by atoms with Gasteiger partial charge >= 0.3 is 0 Å². The average Bonchev–Trinajstić information content (AvgIpc) is 2.18. The highest BCUT2D eigenvalue weighted by molar-refractivity contribution is 7.85. The second-order valence-electron chi connectivity index (χ2n) is 3.36. The highest BCUT2D eigenvalue weighted by Gasteiger charge is 1.96. The van der Waals surface area contributed by atoms with Crippen LogP contribution in [0.5, 0.6) is 0 Å². The fourth-order valence-electron chi connectivity index (χ4n) is 1.48. The van der Waals surface area contributed by atoms with E-state index in [0.29, 0.717) is 0 Å². The van der Waals surface area contributed by atoms with Gasteiger partial charge in [0.25, 0.3) is 0 Å². The molecule has 0 saturated carbocycles. The molecule has 0 amide bonds. The zero-order chi connectivity index (χ0) is 9.97. The first kappa shape index (κ1) is 9.41. The molecule has 0 N–H and O–H groups in total. The minimum atomic E-state index is 0.102. The zero-order valence-electron chi connectivity index (χ0n) is 8.40. The number of benzene rings is 2. The molecule has 2 heteroatoms. The van der Waals surface area contributed by atoms with Crippen LogP contribution in [0.2, 0.25) is 0 Å². The third kappa shape index (κ3) is 1.85. The number of hydrogen-bond donors (Lipinski definition) is 0. The Labute approximate surface area is 86.9 Å². The van der Waals surface area contributed by atoms with Gasteiger partial charge in [-0.25, -0.2) is 4.36 Å². The fourth-order valence-corrected chi connectivity index (χ4v) is 2.04. The van der Waals surface area contributed by atoms with Crippen molar-refractivity contribution in [1.29, 1.82) is 0 Å². The first-order valence-electron chi connectivity index (χ1n) is 4.54. The largest absolute Gasteiger partial charge is 0.228 e. The molecule has 0 radical (unpaired) electrons. The van der Waals surface area contributed by atoms with E-state index < -0.39 is 0 Å². The lowest BCUT2D eigenvalue weighted by Gasteiger charge is -2.01. The van der Waals surface area contributed by atoms with Crippen molar-refractivity contribution >= 4 is 27.2 Å². The molecule has 0 spiro atoms. The summed E-state index contributed by atoms with van der Waals surface area (Å²) in [4.78, 5) is 0. The van der Waals surface area contributed by atoms with E-state index in [0.717, 1.165) is 5.69 Å². The van der Waals surface area contributed by atoms with Gasteiger partial charge in [-0.15, -0.1) is 10.7 Å². The first-order chi connectivity index (χ1) is 6.77. The van der Waals surface area contributed by atoms with Crippen LogP contribution in [-0.4, -0.2) is 12.5 Å². The van der Waals surface area contributed by atoms with Gasteiger partial charge in [-0.1, -0.05) is 36.4 Å². The van der Waals surface area contributed by atoms with Crippen LogP contribution in [0.1, 0.15) is 0 Å². The van der Waals surface area contributed by atoms with Crippen LogP contribution in [0.15, 0.2) is 46.8 Å². The van der Waals surface area contributed by atoms with Gasteiger partial charge in [0, 0.05) is 5.39 Å². The molecule has 0 heterocycles. The van der Waals surface area contributed by atoms with Crippen molar-refractivity contribution in [2.24, 2.45) is 4.36 Å². The minimum absolute atomic E-state index is 0.102. The smallest absolute Gasteiger partial charge is 0.0781 e. The molecule has 2 rings (SSSR count). The molecule has 0 aliphatic carbocycles. The van der Waals surface area contributed by atoms with Gasteiger partial charge in [0.1, 0.15) is 0 Å². The second kappa shape index (κ2) is 3.93.